The zero-order chi connectivity index (χ0) is 16.3. The highest BCUT2D eigenvalue weighted by Crippen LogP contribution is 2.30. The second kappa shape index (κ2) is 6.97. The molecule has 6 heteroatoms. The number of nitrogens with one attached hydrogen (secondary N) is 2. The maximum absolute atomic E-state index is 10.2. The van der Waals surface area contributed by atoms with Crippen LogP contribution in [0.4, 0.5) is 5.69 Å². The van der Waals surface area contributed by atoms with Crippen molar-refractivity contribution in [1.82, 2.24) is 10.6 Å². The lowest BCUT2D eigenvalue weighted by molar-refractivity contribution is -0.0279. The Bertz CT molecular complexity index is 573. The summed E-state index contributed by atoms with van der Waals surface area (Å²) in [5, 5.41) is 17.6. The molecule has 1 atom stereocenters. The van der Waals surface area contributed by atoms with Crippen molar-refractivity contribution in [3.8, 4) is 0 Å². The van der Waals surface area contributed by atoms with Crippen molar-refractivity contribution in [2.24, 2.45) is 4.99 Å². The molecule has 1 saturated heterocycles. The molecule has 1 aliphatic carbocycles. The van der Waals surface area contributed by atoms with Gasteiger partial charge in [0.2, 0.25) is 0 Å². The van der Waals surface area contributed by atoms with E-state index in [2.05, 4.69) is 26.6 Å². The molecule has 1 unspecified atom stereocenters. The summed E-state index contributed by atoms with van der Waals surface area (Å²) >= 11 is 6.07. The van der Waals surface area contributed by atoms with Crippen LogP contribution in [0.1, 0.15) is 25.7 Å². The SMILES string of the molecule is CN=C(NCC1(O)CCC1)NC1CCN(c2cccc(Cl)c2)C1. The first kappa shape index (κ1) is 16.4. The van der Waals surface area contributed by atoms with E-state index in [9.17, 15) is 5.11 Å². The average molecular weight is 337 g/mol. The van der Waals surface area contributed by atoms with E-state index in [1.54, 1.807) is 7.05 Å². The molecule has 0 amide bonds. The van der Waals surface area contributed by atoms with Gasteiger partial charge >= 0.3 is 0 Å². The van der Waals surface area contributed by atoms with Gasteiger partial charge in [0.1, 0.15) is 0 Å². The molecule has 1 aromatic rings. The molecule has 0 radical (unpaired) electrons. The molecule has 5 nitrogen and oxygen atoms in total. The third-order valence-electron chi connectivity index (χ3n) is 4.80. The molecule has 0 bridgehead atoms. The van der Waals surface area contributed by atoms with Crippen molar-refractivity contribution in [2.75, 3.05) is 31.6 Å². The lowest BCUT2D eigenvalue weighted by Crippen LogP contribution is -2.52. The highest BCUT2D eigenvalue weighted by atomic mass is 35.5. The lowest BCUT2D eigenvalue weighted by Gasteiger charge is -2.37. The van der Waals surface area contributed by atoms with Crippen molar-refractivity contribution < 1.29 is 5.11 Å². The minimum absolute atomic E-state index is 0.344. The molecular weight excluding hydrogens is 312 g/mol. The smallest absolute Gasteiger partial charge is 0.191 e. The van der Waals surface area contributed by atoms with E-state index in [0.29, 0.717) is 12.6 Å². The lowest BCUT2D eigenvalue weighted by atomic mass is 9.80. The molecule has 1 aromatic carbocycles. The van der Waals surface area contributed by atoms with Crippen LogP contribution in [0.25, 0.3) is 0 Å². The number of nitrogens with zero attached hydrogens (tertiary/aromatic N) is 2. The fraction of sp³-hybridized carbons (Fsp3) is 0.588. The van der Waals surface area contributed by atoms with Crippen molar-refractivity contribution in [2.45, 2.75) is 37.3 Å². The summed E-state index contributed by atoms with van der Waals surface area (Å²) in [6.45, 7) is 2.49. The molecule has 1 aliphatic heterocycles. The quantitative estimate of drug-likeness (QED) is 0.581. The number of aliphatic imine (C=N–C) groups is 1. The number of hydrogen-bond acceptors (Lipinski definition) is 3. The van der Waals surface area contributed by atoms with Gasteiger partial charge in [-0.25, -0.2) is 0 Å². The van der Waals surface area contributed by atoms with Gasteiger partial charge in [0.15, 0.2) is 5.96 Å². The molecule has 2 aliphatic rings. The minimum atomic E-state index is -0.542. The minimum Gasteiger partial charge on any atom is -0.388 e. The van der Waals surface area contributed by atoms with Crippen LogP contribution < -0.4 is 15.5 Å². The van der Waals surface area contributed by atoms with Gasteiger partial charge in [0.05, 0.1) is 5.60 Å². The Balaban J connectivity index is 1.50. The molecule has 126 valence electrons. The van der Waals surface area contributed by atoms with E-state index in [-0.39, 0.29) is 0 Å². The van der Waals surface area contributed by atoms with Crippen LogP contribution in [0.3, 0.4) is 0 Å². The Hall–Kier alpha value is -1.46. The van der Waals surface area contributed by atoms with E-state index in [4.69, 9.17) is 11.6 Å². The maximum atomic E-state index is 10.2. The Labute approximate surface area is 142 Å². The number of aliphatic hydroxyl groups is 1. The molecule has 0 spiro atoms. The van der Waals surface area contributed by atoms with Gasteiger partial charge in [-0.05, 0) is 43.9 Å². The van der Waals surface area contributed by atoms with Crippen molar-refractivity contribution in [3.05, 3.63) is 29.3 Å². The first-order chi connectivity index (χ1) is 11.1. The summed E-state index contributed by atoms with van der Waals surface area (Å²) in [5.41, 5.74) is 0.619. The average Bonchev–Trinajstić information content (AvgIpc) is 2.98. The van der Waals surface area contributed by atoms with Gasteiger partial charge in [-0.3, -0.25) is 4.99 Å². The molecule has 23 heavy (non-hydrogen) atoms. The fourth-order valence-electron chi connectivity index (χ4n) is 3.18. The van der Waals surface area contributed by atoms with Crippen LogP contribution in [0.5, 0.6) is 0 Å². The first-order valence-electron chi connectivity index (χ1n) is 8.28. The van der Waals surface area contributed by atoms with Gasteiger partial charge in [0.25, 0.3) is 0 Å². The number of anilines is 1. The van der Waals surface area contributed by atoms with E-state index in [0.717, 1.165) is 55.4 Å². The number of rotatable bonds is 4. The van der Waals surface area contributed by atoms with Crippen LogP contribution in [0.15, 0.2) is 29.3 Å². The third kappa shape index (κ3) is 4.09. The number of guanidine groups is 1. The van der Waals surface area contributed by atoms with Gasteiger partial charge in [0, 0.05) is 43.4 Å². The summed E-state index contributed by atoms with van der Waals surface area (Å²) in [4.78, 5) is 6.60. The van der Waals surface area contributed by atoms with Crippen LogP contribution in [0.2, 0.25) is 5.02 Å². The Kier molecular flexibility index (Phi) is 4.97. The number of benzene rings is 1. The van der Waals surface area contributed by atoms with Crippen molar-refractivity contribution in [1.29, 1.82) is 0 Å². The molecule has 1 heterocycles. The number of hydrogen-bond donors (Lipinski definition) is 3. The molecule has 2 fully saturated rings. The maximum Gasteiger partial charge on any atom is 0.191 e. The summed E-state index contributed by atoms with van der Waals surface area (Å²) in [5.74, 6) is 0.767. The molecule has 3 rings (SSSR count). The van der Waals surface area contributed by atoms with Crippen molar-refractivity contribution >= 4 is 23.2 Å². The highest BCUT2D eigenvalue weighted by molar-refractivity contribution is 6.30. The van der Waals surface area contributed by atoms with Gasteiger partial charge in [-0.2, -0.15) is 0 Å². The Morgan fingerprint density at radius 1 is 1.48 bits per heavy atom. The predicted molar refractivity (Wildman–Crippen MR) is 95.4 cm³/mol. The number of halogens is 1. The second-order valence-electron chi connectivity index (χ2n) is 6.56. The zero-order valence-corrected chi connectivity index (χ0v) is 14.3. The summed E-state index contributed by atoms with van der Waals surface area (Å²) in [6, 6.07) is 8.32. The van der Waals surface area contributed by atoms with Crippen LogP contribution in [0, 0.1) is 0 Å². The first-order valence-corrected chi connectivity index (χ1v) is 8.66. The molecule has 1 saturated carbocycles. The molecular formula is C17H25ClN4O. The second-order valence-corrected chi connectivity index (χ2v) is 7.00. The van der Waals surface area contributed by atoms with Crippen LogP contribution in [-0.4, -0.2) is 49.4 Å². The third-order valence-corrected chi connectivity index (χ3v) is 5.03. The fourth-order valence-corrected chi connectivity index (χ4v) is 3.37. The highest BCUT2D eigenvalue weighted by Gasteiger charge is 2.34. The van der Waals surface area contributed by atoms with E-state index >= 15 is 0 Å². The van der Waals surface area contributed by atoms with Gasteiger partial charge in [-0.15, -0.1) is 0 Å². The zero-order valence-electron chi connectivity index (χ0n) is 13.6. The predicted octanol–water partition coefficient (Wildman–Crippen LogP) is 2.00. The molecule has 0 aromatic heterocycles. The summed E-state index contributed by atoms with van der Waals surface area (Å²) < 4.78 is 0. The topological polar surface area (TPSA) is 59.9 Å². The van der Waals surface area contributed by atoms with E-state index < -0.39 is 5.60 Å². The van der Waals surface area contributed by atoms with Crippen LogP contribution in [-0.2, 0) is 0 Å². The largest absolute Gasteiger partial charge is 0.388 e. The van der Waals surface area contributed by atoms with E-state index in [1.807, 2.05) is 18.2 Å². The van der Waals surface area contributed by atoms with Gasteiger partial charge in [-0.1, -0.05) is 17.7 Å². The normalized spacial score (nSPS) is 23.5. The van der Waals surface area contributed by atoms with Gasteiger partial charge < -0.3 is 20.6 Å². The monoisotopic (exact) mass is 336 g/mol. The van der Waals surface area contributed by atoms with Crippen molar-refractivity contribution in [3.63, 3.8) is 0 Å². The Morgan fingerprint density at radius 3 is 2.96 bits per heavy atom. The summed E-state index contributed by atoms with van der Waals surface area (Å²) in [6.07, 6.45) is 3.92. The molecule has 3 N–H and O–H groups in total. The standard InChI is InChI=1S/C17H25ClN4O/c1-19-16(20-12-17(23)7-3-8-17)21-14-6-9-22(11-14)15-5-2-4-13(18)10-15/h2,4-5,10,14,23H,3,6-9,11-12H2,1H3,(H2,19,20,21). The Morgan fingerprint density at radius 2 is 2.30 bits per heavy atom. The van der Waals surface area contributed by atoms with Crippen LogP contribution >= 0.6 is 11.6 Å². The van der Waals surface area contributed by atoms with E-state index in [1.165, 1.54) is 0 Å². The summed E-state index contributed by atoms with van der Waals surface area (Å²) in [7, 11) is 1.77.